The first-order valence-corrected chi connectivity index (χ1v) is 8.34. The molecule has 0 fully saturated rings. The van der Waals surface area contributed by atoms with Crippen molar-refractivity contribution < 1.29 is 24.0 Å². The summed E-state index contributed by atoms with van der Waals surface area (Å²) in [6.45, 7) is 6.31. The fourth-order valence-corrected chi connectivity index (χ4v) is 2.77. The number of allylic oxidation sites excluding steroid dienone is 1. The molecular formula is C19H25FO4. The number of unbranched alkanes of at least 4 members (excludes halogenated alkanes) is 1. The number of rotatable bonds is 10. The summed E-state index contributed by atoms with van der Waals surface area (Å²) in [4.78, 5) is 4.11. The predicted molar refractivity (Wildman–Crippen MR) is 90.2 cm³/mol. The average Bonchev–Trinajstić information content (AvgIpc) is 2.62. The molecule has 1 unspecified atom stereocenters. The van der Waals surface area contributed by atoms with Gasteiger partial charge in [0.05, 0.1) is 6.10 Å². The van der Waals surface area contributed by atoms with Gasteiger partial charge in [0.2, 0.25) is 0 Å². The van der Waals surface area contributed by atoms with E-state index in [0.29, 0.717) is 6.61 Å². The number of hydrogen-bond acceptors (Lipinski definition) is 4. The van der Waals surface area contributed by atoms with Gasteiger partial charge in [0.1, 0.15) is 12.4 Å². The summed E-state index contributed by atoms with van der Waals surface area (Å²) in [5, 5.41) is 3.04. The van der Waals surface area contributed by atoms with Gasteiger partial charge in [-0.15, -0.1) is 0 Å². The largest absolute Gasteiger partial charge is 0.489 e. The Bertz CT molecular complexity index is 556. The third kappa shape index (κ3) is 5.74. The second kappa shape index (κ2) is 10.2. The maximum atomic E-state index is 11.4. The van der Waals surface area contributed by atoms with E-state index in [0.717, 1.165) is 43.4 Å². The smallest absolute Gasteiger partial charge is 0.184 e. The van der Waals surface area contributed by atoms with Gasteiger partial charge >= 0.3 is 0 Å². The quantitative estimate of drug-likeness (QED) is 0.205. The van der Waals surface area contributed by atoms with Crippen molar-refractivity contribution in [2.24, 2.45) is 0 Å². The van der Waals surface area contributed by atoms with Crippen molar-refractivity contribution >= 4 is 0 Å². The lowest BCUT2D eigenvalue weighted by molar-refractivity contribution is -0.455. The second-order valence-corrected chi connectivity index (χ2v) is 5.82. The van der Waals surface area contributed by atoms with E-state index in [1.807, 2.05) is 12.1 Å². The lowest BCUT2D eigenvalue weighted by Crippen LogP contribution is -2.23. The van der Waals surface area contributed by atoms with Crippen LogP contribution in [0.2, 0.25) is 0 Å². The van der Waals surface area contributed by atoms with E-state index in [4.69, 9.17) is 9.47 Å². The molecular weight excluding hydrogens is 311 g/mol. The lowest BCUT2D eigenvalue weighted by atomic mass is 9.89. The fraction of sp³-hybridized carbons (Fsp3) is 0.474. The molecule has 0 aliphatic heterocycles. The van der Waals surface area contributed by atoms with Crippen molar-refractivity contribution in [3.63, 3.8) is 0 Å². The van der Waals surface area contributed by atoms with Gasteiger partial charge in [0.15, 0.2) is 6.79 Å². The summed E-state index contributed by atoms with van der Waals surface area (Å²) >= 11 is 0. The van der Waals surface area contributed by atoms with E-state index in [1.54, 1.807) is 0 Å². The van der Waals surface area contributed by atoms with Crippen LogP contribution in [0.3, 0.4) is 0 Å². The molecule has 0 heterocycles. The summed E-state index contributed by atoms with van der Waals surface area (Å²) in [5.41, 5.74) is 3.61. The standard InChI is InChI=1S/C19H25FO4/c1-3-5-6-15(4-2)13-21-18-9-7-17-12-19(22-14-23-24-20)10-8-16(17)11-18/h4,6-7,9,11,19H,2-3,5,8,10,12-14H2,1H3/b15-6+. The van der Waals surface area contributed by atoms with Gasteiger partial charge in [0.25, 0.3) is 0 Å². The molecule has 1 aromatic rings. The Morgan fingerprint density at radius 2 is 2.25 bits per heavy atom. The Morgan fingerprint density at radius 1 is 1.38 bits per heavy atom. The third-order valence-electron chi connectivity index (χ3n) is 4.12. The molecule has 0 radical (unpaired) electrons. The monoisotopic (exact) mass is 336 g/mol. The minimum atomic E-state index is -0.202. The second-order valence-electron chi connectivity index (χ2n) is 5.82. The van der Waals surface area contributed by atoms with Gasteiger partial charge in [-0.05, 0) is 64.1 Å². The molecule has 1 aliphatic carbocycles. The highest BCUT2D eigenvalue weighted by Gasteiger charge is 2.19. The van der Waals surface area contributed by atoms with Crippen LogP contribution in [0.5, 0.6) is 5.75 Å². The Kier molecular flexibility index (Phi) is 7.95. The highest BCUT2D eigenvalue weighted by molar-refractivity contribution is 5.38. The van der Waals surface area contributed by atoms with Crippen LogP contribution < -0.4 is 4.74 Å². The lowest BCUT2D eigenvalue weighted by Gasteiger charge is -2.24. The maximum absolute atomic E-state index is 11.4. The van der Waals surface area contributed by atoms with Crippen molar-refractivity contribution in [2.75, 3.05) is 13.4 Å². The van der Waals surface area contributed by atoms with Gasteiger partial charge in [-0.3, -0.25) is 0 Å². The van der Waals surface area contributed by atoms with E-state index in [1.165, 1.54) is 11.1 Å². The molecule has 1 aromatic carbocycles. The average molecular weight is 336 g/mol. The molecule has 0 aromatic heterocycles. The SMILES string of the molecule is C=C/C(=C\CCC)COc1ccc2c(c1)CCC(OCOOF)C2. The maximum Gasteiger partial charge on any atom is 0.184 e. The van der Waals surface area contributed by atoms with Crippen LogP contribution in [-0.2, 0) is 27.6 Å². The molecule has 0 spiro atoms. The fourth-order valence-electron chi connectivity index (χ4n) is 2.77. The van der Waals surface area contributed by atoms with Gasteiger partial charge in [-0.2, -0.15) is 4.89 Å². The Morgan fingerprint density at radius 3 is 3.00 bits per heavy atom. The molecule has 5 heteroatoms. The van der Waals surface area contributed by atoms with Crippen LogP contribution in [0, 0.1) is 0 Å². The van der Waals surface area contributed by atoms with Gasteiger partial charge in [-0.25, -0.2) is 0 Å². The summed E-state index contributed by atoms with van der Waals surface area (Å²) in [5.74, 6) is 0.867. The molecule has 0 saturated carbocycles. The summed E-state index contributed by atoms with van der Waals surface area (Å²) in [6.07, 6.45) is 8.71. The zero-order valence-electron chi connectivity index (χ0n) is 14.1. The van der Waals surface area contributed by atoms with Crippen molar-refractivity contribution in [3.05, 3.63) is 53.6 Å². The molecule has 132 valence electrons. The van der Waals surface area contributed by atoms with Crippen LogP contribution in [-0.4, -0.2) is 19.5 Å². The Balaban J connectivity index is 1.89. The normalized spacial score (nSPS) is 17.4. The first-order valence-electron chi connectivity index (χ1n) is 8.34. The van der Waals surface area contributed by atoms with E-state index < -0.39 is 0 Å². The van der Waals surface area contributed by atoms with Gasteiger partial charge < -0.3 is 9.47 Å². The van der Waals surface area contributed by atoms with Crippen molar-refractivity contribution in [3.8, 4) is 5.75 Å². The van der Waals surface area contributed by atoms with Crippen LogP contribution in [0.4, 0.5) is 4.53 Å². The van der Waals surface area contributed by atoms with E-state index in [-0.39, 0.29) is 12.9 Å². The van der Waals surface area contributed by atoms with E-state index in [2.05, 4.69) is 41.7 Å². The van der Waals surface area contributed by atoms with Crippen LogP contribution in [0.25, 0.3) is 0 Å². The zero-order chi connectivity index (χ0) is 17.2. The molecule has 1 atom stereocenters. The molecule has 0 N–H and O–H groups in total. The van der Waals surface area contributed by atoms with Gasteiger partial charge in [-0.1, -0.05) is 38.1 Å². The van der Waals surface area contributed by atoms with E-state index in [9.17, 15) is 4.53 Å². The van der Waals surface area contributed by atoms with Crippen molar-refractivity contribution in [1.29, 1.82) is 0 Å². The molecule has 0 amide bonds. The number of aryl methyl sites for hydroxylation is 1. The van der Waals surface area contributed by atoms with Crippen molar-refractivity contribution in [2.45, 2.75) is 45.1 Å². The highest BCUT2D eigenvalue weighted by atomic mass is 19.3. The molecule has 0 bridgehead atoms. The van der Waals surface area contributed by atoms with Crippen LogP contribution >= 0.6 is 0 Å². The third-order valence-corrected chi connectivity index (χ3v) is 4.12. The highest BCUT2D eigenvalue weighted by Crippen LogP contribution is 2.27. The predicted octanol–water partition coefficient (Wildman–Crippen LogP) is 4.64. The zero-order valence-corrected chi connectivity index (χ0v) is 14.1. The van der Waals surface area contributed by atoms with Crippen molar-refractivity contribution in [1.82, 2.24) is 0 Å². The molecule has 24 heavy (non-hydrogen) atoms. The first-order chi connectivity index (χ1) is 11.8. The summed E-state index contributed by atoms with van der Waals surface area (Å²) in [6, 6.07) is 6.13. The summed E-state index contributed by atoms with van der Waals surface area (Å²) < 4.78 is 22.7. The molecule has 2 rings (SSSR count). The van der Waals surface area contributed by atoms with Gasteiger partial charge in [0, 0.05) is 0 Å². The summed E-state index contributed by atoms with van der Waals surface area (Å²) in [7, 11) is 0. The molecule has 0 saturated heterocycles. The number of halogens is 1. The number of ether oxygens (including phenoxy) is 2. The Hall–Kier alpha value is -1.69. The Labute approximate surface area is 142 Å². The van der Waals surface area contributed by atoms with Crippen LogP contribution in [0.1, 0.15) is 37.3 Å². The molecule has 4 nitrogen and oxygen atoms in total. The van der Waals surface area contributed by atoms with E-state index >= 15 is 0 Å². The number of hydrogen-bond donors (Lipinski definition) is 0. The topological polar surface area (TPSA) is 36.9 Å². The molecule has 1 aliphatic rings. The number of fused-ring (bicyclic) bond motifs is 1. The minimum absolute atomic E-state index is 0.0174. The number of benzene rings is 1. The van der Waals surface area contributed by atoms with Crippen LogP contribution in [0.15, 0.2) is 42.5 Å². The minimum Gasteiger partial charge on any atom is -0.489 e. The first kappa shape index (κ1) is 18.6.